The largest absolute Gasteiger partial charge is 0.352 e. The molecule has 0 radical (unpaired) electrons. The van der Waals surface area contributed by atoms with Gasteiger partial charge in [-0.05, 0) is 24.4 Å². The zero-order valence-corrected chi connectivity index (χ0v) is 14.6. The van der Waals surface area contributed by atoms with Gasteiger partial charge in [0, 0.05) is 38.6 Å². The Labute approximate surface area is 150 Å². The lowest BCUT2D eigenvalue weighted by atomic mass is 10.3. The lowest BCUT2D eigenvalue weighted by Crippen LogP contribution is -2.50. The molecule has 1 aliphatic rings. The van der Waals surface area contributed by atoms with E-state index in [9.17, 15) is 0 Å². The number of hydrogen-bond acceptors (Lipinski definition) is 4. The number of piperazine rings is 1. The number of thiocarbonyl (C=S) groups is 1. The number of aromatic nitrogens is 2. The molecule has 3 rings (SSSR count). The predicted octanol–water partition coefficient (Wildman–Crippen LogP) is 3.30. The number of hydrogen-bond donors (Lipinski definition) is 1. The number of nitrogens with one attached hydrogen (secondary N) is 1. The Bertz CT molecular complexity index is 669. The van der Waals surface area contributed by atoms with Gasteiger partial charge in [-0.2, -0.15) is 0 Å². The average molecular weight is 368 g/mol. The SMILES string of the molecule is S=C(Nc1c(Cl)cccc1Cl)N1CCN(c2cnccn2)CC1. The van der Waals surface area contributed by atoms with Crippen LogP contribution in [0.1, 0.15) is 0 Å². The van der Waals surface area contributed by atoms with E-state index in [2.05, 4.69) is 25.1 Å². The van der Waals surface area contributed by atoms with E-state index in [1.807, 2.05) is 0 Å². The molecule has 8 heteroatoms. The predicted molar refractivity (Wildman–Crippen MR) is 98.5 cm³/mol. The second-order valence-electron chi connectivity index (χ2n) is 5.06. The normalized spacial score (nSPS) is 14.7. The van der Waals surface area contributed by atoms with Gasteiger partial charge in [0.1, 0.15) is 5.82 Å². The van der Waals surface area contributed by atoms with Crippen molar-refractivity contribution in [3.05, 3.63) is 46.8 Å². The van der Waals surface area contributed by atoms with Crippen LogP contribution in [0.4, 0.5) is 11.5 Å². The molecule has 0 atom stereocenters. The van der Waals surface area contributed by atoms with E-state index < -0.39 is 0 Å². The Morgan fingerprint density at radius 2 is 1.78 bits per heavy atom. The van der Waals surface area contributed by atoms with Crippen molar-refractivity contribution in [1.29, 1.82) is 0 Å². The first-order valence-corrected chi connectivity index (χ1v) is 8.32. The molecule has 0 bridgehead atoms. The minimum Gasteiger partial charge on any atom is -0.352 e. The van der Waals surface area contributed by atoms with Gasteiger partial charge in [-0.1, -0.05) is 29.3 Å². The van der Waals surface area contributed by atoms with Crippen LogP contribution in [-0.2, 0) is 0 Å². The Morgan fingerprint density at radius 3 is 2.39 bits per heavy atom. The highest BCUT2D eigenvalue weighted by Gasteiger charge is 2.20. The maximum atomic E-state index is 6.17. The number of anilines is 2. The maximum Gasteiger partial charge on any atom is 0.173 e. The van der Waals surface area contributed by atoms with Crippen LogP contribution in [0.25, 0.3) is 0 Å². The summed E-state index contributed by atoms with van der Waals surface area (Å²) in [7, 11) is 0. The summed E-state index contributed by atoms with van der Waals surface area (Å²) in [6.45, 7) is 3.25. The summed E-state index contributed by atoms with van der Waals surface area (Å²) in [5.41, 5.74) is 0.650. The van der Waals surface area contributed by atoms with Crippen LogP contribution in [0.2, 0.25) is 10.0 Å². The molecule has 0 spiro atoms. The minimum atomic E-state index is 0.554. The quantitative estimate of drug-likeness (QED) is 0.821. The molecule has 1 aliphatic heterocycles. The van der Waals surface area contributed by atoms with Crippen LogP contribution >= 0.6 is 35.4 Å². The van der Waals surface area contributed by atoms with Gasteiger partial charge in [-0.3, -0.25) is 4.98 Å². The molecule has 0 amide bonds. The number of rotatable bonds is 2. The summed E-state index contributed by atoms with van der Waals surface area (Å²) in [4.78, 5) is 12.7. The Hall–Kier alpha value is -1.63. The molecule has 1 aromatic carbocycles. The molecule has 23 heavy (non-hydrogen) atoms. The van der Waals surface area contributed by atoms with E-state index in [0.29, 0.717) is 20.8 Å². The first kappa shape index (κ1) is 16.2. The summed E-state index contributed by atoms with van der Waals surface area (Å²) < 4.78 is 0. The van der Waals surface area contributed by atoms with Gasteiger partial charge >= 0.3 is 0 Å². The van der Waals surface area contributed by atoms with Crippen molar-refractivity contribution in [2.75, 3.05) is 36.4 Å². The molecule has 5 nitrogen and oxygen atoms in total. The molecule has 1 saturated heterocycles. The number of para-hydroxylation sites is 1. The van der Waals surface area contributed by atoms with Gasteiger partial charge < -0.3 is 15.1 Å². The molecule has 2 aromatic rings. The van der Waals surface area contributed by atoms with Crippen molar-refractivity contribution in [3.8, 4) is 0 Å². The van der Waals surface area contributed by atoms with E-state index in [-0.39, 0.29) is 0 Å². The summed E-state index contributed by atoms with van der Waals surface area (Å²) in [6, 6.07) is 5.37. The van der Waals surface area contributed by atoms with E-state index in [1.165, 1.54) is 0 Å². The molecular weight excluding hydrogens is 353 g/mol. The van der Waals surface area contributed by atoms with Gasteiger partial charge in [-0.25, -0.2) is 4.98 Å². The highest BCUT2D eigenvalue weighted by Crippen LogP contribution is 2.30. The molecule has 120 valence electrons. The third-order valence-electron chi connectivity index (χ3n) is 3.64. The van der Waals surface area contributed by atoms with Crippen molar-refractivity contribution < 1.29 is 0 Å². The first-order valence-electron chi connectivity index (χ1n) is 7.16. The minimum absolute atomic E-state index is 0.554. The zero-order chi connectivity index (χ0) is 16.2. The monoisotopic (exact) mass is 367 g/mol. The van der Waals surface area contributed by atoms with E-state index in [1.54, 1.807) is 36.8 Å². The Morgan fingerprint density at radius 1 is 1.09 bits per heavy atom. The molecule has 2 heterocycles. The summed E-state index contributed by atoms with van der Waals surface area (Å²) >= 11 is 17.8. The lowest BCUT2D eigenvalue weighted by molar-refractivity contribution is 0.389. The molecule has 0 unspecified atom stereocenters. The first-order chi connectivity index (χ1) is 11.1. The smallest absolute Gasteiger partial charge is 0.173 e. The third kappa shape index (κ3) is 3.83. The van der Waals surface area contributed by atoms with Crippen LogP contribution in [0.15, 0.2) is 36.8 Å². The van der Waals surface area contributed by atoms with Crippen LogP contribution in [0.3, 0.4) is 0 Å². The van der Waals surface area contributed by atoms with Gasteiger partial charge in [0.2, 0.25) is 0 Å². The Balaban J connectivity index is 1.60. The van der Waals surface area contributed by atoms with Crippen LogP contribution < -0.4 is 10.2 Å². The third-order valence-corrected chi connectivity index (χ3v) is 4.63. The Kier molecular flexibility index (Phi) is 5.15. The highest BCUT2D eigenvalue weighted by atomic mass is 35.5. The fourth-order valence-corrected chi connectivity index (χ4v) is 3.17. The molecule has 1 aromatic heterocycles. The van der Waals surface area contributed by atoms with Gasteiger partial charge in [0.25, 0.3) is 0 Å². The summed E-state index contributed by atoms with van der Waals surface area (Å²) in [6.07, 6.45) is 5.15. The topological polar surface area (TPSA) is 44.3 Å². The van der Waals surface area contributed by atoms with E-state index >= 15 is 0 Å². The lowest BCUT2D eigenvalue weighted by Gasteiger charge is -2.36. The fraction of sp³-hybridized carbons (Fsp3) is 0.267. The number of halogens is 2. The van der Waals surface area contributed by atoms with Crippen LogP contribution in [0, 0.1) is 0 Å². The molecule has 1 fully saturated rings. The maximum absolute atomic E-state index is 6.17. The fourth-order valence-electron chi connectivity index (χ4n) is 2.40. The van der Waals surface area contributed by atoms with Crippen LogP contribution in [-0.4, -0.2) is 46.2 Å². The summed E-state index contributed by atoms with van der Waals surface area (Å²) in [5, 5.41) is 4.88. The number of nitrogens with zero attached hydrogens (tertiary/aromatic N) is 4. The molecular formula is C15H15Cl2N5S. The molecule has 0 saturated carbocycles. The number of benzene rings is 1. The molecule has 1 N–H and O–H groups in total. The standard InChI is InChI=1S/C15H15Cl2N5S/c16-11-2-1-3-12(17)14(11)20-15(23)22-8-6-21(7-9-22)13-10-18-4-5-19-13/h1-5,10H,6-9H2,(H,20,23). The van der Waals surface area contributed by atoms with Gasteiger partial charge in [0.15, 0.2) is 5.11 Å². The van der Waals surface area contributed by atoms with Crippen molar-refractivity contribution >= 4 is 52.0 Å². The van der Waals surface area contributed by atoms with E-state index in [4.69, 9.17) is 35.4 Å². The van der Waals surface area contributed by atoms with E-state index in [0.717, 1.165) is 32.0 Å². The zero-order valence-electron chi connectivity index (χ0n) is 12.2. The van der Waals surface area contributed by atoms with Crippen molar-refractivity contribution in [2.45, 2.75) is 0 Å². The van der Waals surface area contributed by atoms with Gasteiger partial charge in [-0.15, -0.1) is 0 Å². The average Bonchev–Trinajstić information content (AvgIpc) is 2.59. The van der Waals surface area contributed by atoms with Crippen molar-refractivity contribution in [1.82, 2.24) is 14.9 Å². The molecule has 0 aliphatic carbocycles. The second-order valence-corrected chi connectivity index (χ2v) is 6.27. The van der Waals surface area contributed by atoms with Gasteiger partial charge in [0.05, 0.1) is 21.9 Å². The van der Waals surface area contributed by atoms with Crippen LogP contribution in [0.5, 0.6) is 0 Å². The van der Waals surface area contributed by atoms with Crippen molar-refractivity contribution in [3.63, 3.8) is 0 Å². The summed E-state index contributed by atoms with van der Waals surface area (Å²) in [5.74, 6) is 0.889. The van der Waals surface area contributed by atoms with Crippen molar-refractivity contribution in [2.24, 2.45) is 0 Å². The second kappa shape index (κ2) is 7.29. The highest BCUT2D eigenvalue weighted by molar-refractivity contribution is 7.80.